The van der Waals surface area contributed by atoms with Crippen LogP contribution in [0.15, 0.2) is 30.3 Å². The van der Waals surface area contributed by atoms with Gasteiger partial charge in [-0.15, -0.1) is 0 Å². The van der Waals surface area contributed by atoms with Crippen molar-refractivity contribution in [2.24, 2.45) is 0 Å². The van der Waals surface area contributed by atoms with Gasteiger partial charge in [0.1, 0.15) is 17.2 Å². The topological polar surface area (TPSA) is 87.1 Å². The molecule has 2 aromatic carbocycles. The summed E-state index contributed by atoms with van der Waals surface area (Å²) in [5, 5.41) is 19.8. The van der Waals surface area contributed by atoms with E-state index in [2.05, 4.69) is 11.8 Å². The normalized spacial score (nSPS) is 11.0. The molecule has 6 heteroatoms. The number of hydrogen-bond donors (Lipinski definition) is 2. The zero-order chi connectivity index (χ0) is 22.3. The van der Waals surface area contributed by atoms with Crippen LogP contribution in [0.5, 0.6) is 17.2 Å². The van der Waals surface area contributed by atoms with Crippen LogP contribution in [0.25, 0.3) is 0 Å². The fourth-order valence-corrected chi connectivity index (χ4v) is 3.30. The summed E-state index contributed by atoms with van der Waals surface area (Å²) < 4.78 is 5.83. The number of carbonyl (C=O) groups is 2. The van der Waals surface area contributed by atoms with Gasteiger partial charge in [0.05, 0.1) is 17.7 Å². The van der Waals surface area contributed by atoms with Gasteiger partial charge < -0.3 is 19.8 Å². The number of nitrogens with zero attached hydrogens (tertiary/aromatic N) is 1. The molecule has 0 heterocycles. The molecule has 0 aliphatic carbocycles. The van der Waals surface area contributed by atoms with Crippen LogP contribution in [0, 0.1) is 0 Å². The van der Waals surface area contributed by atoms with Crippen molar-refractivity contribution >= 4 is 11.6 Å². The molecule has 0 saturated heterocycles. The van der Waals surface area contributed by atoms with E-state index >= 15 is 0 Å². The van der Waals surface area contributed by atoms with Gasteiger partial charge in [0.2, 0.25) is 0 Å². The Hall–Kier alpha value is -2.86. The first-order chi connectivity index (χ1) is 14.2. The number of carbonyl (C=O) groups excluding carboxylic acids is 2. The Morgan fingerprint density at radius 3 is 2.33 bits per heavy atom. The summed E-state index contributed by atoms with van der Waals surface area (Å²) in [4.78, 5) is 26.4. The second-order valence-electron chi connectivity index (χ2n) is 7.66. The molecule has 0 radical (unpaired) electrons. The number of Topliss-reactive ketones (excluding diaryl/α,β-unsaturated/α-hetero) is 2. The van der Waals surface area contributed by atoms with Crippen LogP contribution < -0.4 is 4.74 Å². The first-order valence-electron chi connectivity index (χ1n) is 10.2. The lowest BCUT2D eigenvalue weighted by Crippen LogP contribution is -2.15. The highest BCUT2D eigenvalue weighted by molar-refractivity contribution is 6.04. The van der Waals surface area contributed by atoms with Crippen LogP contribution in [0.3, 0.4) is 0 Å². The number of phenols is 2. The fourth-order valence-electron chi connectivity index (χ4n) is 3.30. The van der Waals surface area contributed by atoms with Crippen molar-refractivity contribution in [3.8, 4) is 17.2 Å². The highest BCUT2D eigenvalue weighted by Crippen LogP contribution is 2.29. The van der Waals surface area contributed by atoms with Gasteiger partial charge in [-0.1, -0.05) is 13.0 Å². The van der Waals surface area contributed by atoms with Gasteiger partial charge >= 0.3 is 0 Å². The molecule has 0 atom stereocenters. The fraction of sp³-hybridized carbons (Fsp3) is 0.417. The molecule has 0 aliphatic heterocycles. The first-order valence-corrected chi connectivity index (χ1v) is 10.2. The van der Waals surface area contributed by atoms with E-state index in [0.29, 0.717) is 13.0 Å². The van der Waals surface area contributed by atoms with Crippen LogP contribution in [0.2, 0.25) is 0 Å². The summed E-state index contributed by atoms with van der Waals surface area (Å²) in [6.07, 6.45) is 2.46. The summed E-state index contributed by atoms with van der Waals surface area (Å²) in [5.74, 6) is -0.467. The number of ether oxygens (including phenoxy) is 1. The van der Waals surface area contributed by atoms with Crippen molar-refractivity contribution in [3.05, 3.63) is 52.6 Å². The zero-order valence-corrected chi connectivity index (χ0v) is 18.2. The van der Waals surface area contributed by atoms with E-state index in [0.717, 1.165) is 42.3 Å². The number of aryl methyl sites for hydroxylation is 2. The molecule has 0 aromatic heterocycles. The molecule has 0 unspecified atom stereocenters. The highest BCUT2D eigenvalue weighted by Gasteiger charge is 2.18. The molecule has 2 aromatic rings. The average Bonchev–Trinajstić information content (AvgIpc) is 2.69. The number of ketones is 2. The minimum absolute atomic E-state index is 0.0289. The molecule has 6 nitrogen and oxygen atoms in total. The molecule has 162 valence electrons. The predicted octanol–water partition coefficient (Wildman–Crippen LogP) is 4.01. The lowest BCUT2D eigenvalue weighted by atomic mass is 9.96. The predicted molar refractivity (Wildman–Crippen MR) is 117 cm³/mol. The van der Waals surface area contributed by atoms with E-state index in [-0.39, 0.29) is 40.6 Å². The SMILES string of the molecule is CCc1cc(OCCCN(C)C)ccc1CCC(=O)c1cc(C(C)=O)c(O)cc1O. The maximum absolute atomic E-state index is 12.6. The monoisotopic (exact) mass is 413 g/mol. The molecule has 0 fully saturated rings. The number of benzene rings is 2. The van der Waals surface area contributed by atoms with Crippen molar-refractivity contribution in [2.45, 2.75) is 39.5 Å². The Morgan fingerprint density at radius 1 is 1.00 bits per heavy atom. The lowest BCUT2D eigenvalue weighted by molar-refractivity contribution is 0.0980. The molecule has 0 amide bonds. The van der Waals surface area contributed by atoms with E-state index in [9.17, 15) is 19.8 Å². The minimum Gasteiger partial charge on any atom is -0.507 e. The van der Waals surface area contributed by atoms with Gasteiger partial charge in [0.15, 0.2) is 11.6 Å². The van der Waals surface area contributed by atoms with Crippen molar-refractivity contribution in [2.75, 3.05) is 27.2 Å². The third-order valence-corrected chi connectivity index (χ3v) is 4.99. The Bertz CT molecular complexity index is 905. The summed E-state index contributed by atoms with van der Waals surface area (Å²) in [7, 11) is 4.06. The third kappa shape index (κ3) is 6.32. The van der Waals surface area contributed by atoms with Gasteiger partial charge in [-0.3, -0.25) is 9.59 Å². The number of hydrogen-bond acceptors (Lipinski definition) is 6. The Labute approximate surface area is 178 Å². The largest absolute Gasteiger partial charge is 0.507 e. The van der Waals surface area contributed by atoms with Crippen LogP contribution in [-0.2, 0) is 12.8 Å². The van der Waals surface area contributed by atoms with Crippen molar-refractivity contribution in [1.29, 1.82) is 0 Å². The molecular weight excluding hydrogens is 382 g/mol. The summed E-state index contributed by atoms with van der Waals surface area (Å²) in [6.45, 7) is 4.98. The molecule has 2 N–H and O–H groups in total. The quantitative estimate of drug-likeness (QED) is 0.428. The lowest BCUT2D eigenvalue weighted by Gasteiger charge is -2.13. The highest BCUT2D eigenvalue weighted by atomic mass is 16.5. The average molecular weight is 414 g/mol. The number of aromatic hydroxyl groups is 2. The van der Waals surface area contributed by atoms with Crippen LogP contribution in [0.4, 0.5) is 0 Å². The summed E-state index contributed by atoms with van der Waals surface area (Å²) >= 11 is 0. The Kier molecular flexibility index (Phi) is 8.42. The van der Waals surface area contributed by atoms with Crippen LogP contribution in [0.1, 0.15) is 58.5 Å². The van der Waals surface area contributed by atoms with Gasteiger partial charge in [0, 0.05) is 19.0 Å². The van der Waals surface area contributed by atoms with Crippen molar-refractivity contribution in [1.82, 2.24) is 4.90 Å². The zero-order valence-electron chi connectivity index (χ0n) is 18.2. The van der Waals surface area contributed by atoms with Crippen molar-refractivity contribution < 1.29 is 24.5 Å². The first kappa shape index (κ1) is 23.4. The molecular formula is C24H31NO5. The molecule has 2 rings (SSSR count). The molecule has 0 aliphatic rings. The Balaban J connectivity index is 2.05. The summed E-state index contributed by atoms with van der Waals surface area (Å²) in [6, 6.07) is 8.22. The van der Waals surface area contributed by atoms with Crippen LogP contribution in [-0.4, -0.2) is 53.9 Å². The van der Waals surface area contributed by atoms with Gasteiger partial charge in [-0.25, -0.2) is 0 Å². The van der Waals surface area contributed by atoms with E-state index in [1.165, 1.54) is 13.0 Å². The van der Waals surface area contributed by atoms with Gasteiger partial charge in [-0.2, -0.15) is 0 Å². The smallest absolute Gasteiger partial charge is 0.166 e. The number of rotatable bonds is 11. The number of phenolic OH excluding ortho intramolecular Hbond substituents is 2. The maximum Gasteiger partial charge on any atom is 0.166 e. The maximum atomic E-state index is 12.6. The van der Waals surface area contributed by atoms with E-state index in [1.54, 1.807) is 0 Å². The third-order valence-electron chi connectivity index (χ3n) is 4.99. The van der Waals surface area contributed by atoms with Gasteiger partial charge in [-0.05, 0) is 69.6 Å². The molecule has 30 heavy (non-hydrogen) atoms. The minimum atomic E-state index is -0.365. The van der Waals surface area contributed by atoms with Gasteiger partial charge in [0.25, 0.3) is 0 Å². The van der Waals surface area contributed by atoms with E-state index in [4.69, 9.17) is 4.74 Å². The van der Waals surface area contributed by atoms with E-state index in [1.807, 2.05) is 32.3 Å². The van der Waals surface area contributed by atoms with Crippen molar-refractivity contribution in [3.63, 3.8) is 0 Å². The molecule has 0 spiro atoms. The molecule has 0 saturated carbocycles. The van der Waals surface area contributed by atoms with E-state index < -0.39 is 0 Å². The standard InChI is InChI=1S/C24H31NO5/c1-5-17-13-19(30-12-6-11-25(3)4)9-7-18(17)8-10-22(27)21-14-20(16(2)26)23(28)15-24(21)29/h7,9,13-15,28-29H,5-6,8,10-12H2,1-4H3. The second kappa shape index (κ2) is 10.8. The summed E-state index contributed by atoms with van der Waals surface area (Å²) in [5.41, 5.74) is 2.25. The Morgan fingerprint density at radius 2 is 1.70 bits per heavy atom. The second-order valence-corrected chi connectivity index (χ2v) is 7.66. The van der Waals surface area contributed by atoms with Crippen LogP contribution >= 0.6 is 0 Å². The molecule has 0 bridgehead atoms.